The molecule has 0 radical (unpaired) electrons. The molecular formula is C12H24O4. The molecule has 2 unspecified atom stereocenters. The molecule has 0 spiro atoms. The van der Waals surface area contributed by atoms with E-state index in [9.17, 15) is 0 Å². The molecule has 16 heavy (non-hydrogen) atoms. The predicted molar refractivity (Wildman–Crippen MR) is 61.2 cm³/mol. The van der Waals surface area contributed by atoms with E-state index in [-0.39, 0.29) is 12.6 Å². The Kier molecular flexibility index (Phi) is 6.96. The number of ether oxygens (including phenoxy) is 4. The van der Waals surface area contributed by atoms with Gasteiger partial charge in [0.05, 0.1) is 12.7 Å². The molecule has 1 heterocycles. The van der Waals surface area contributed by atoms with Crippen molar-refractivity contribution in [3.63, 3.8) is 0 Å². The van der Waals surface area contributed by atoms with E-state index < -0.39 is 0 Å². The van der Waals surface area contributed by atoms with Crippen LogP contribution in [0.4, 0.5) is 0 Å². The third-order valence-corrected chi connectivity index (χ3v) is 2.56. The third-order valence-electron chi connectivity index (χ3n) is 2.56. The second-order valence-electron chi connectivity index (χ2n) is 3.95. The van der Waals surface area contributed by atoms with E-state index in [0.717, 1.165) is 19.3 Å². The van der Waals surface area contributed by atoms with Gasteiger partial charge in [-0.15, -0.1) is 0 Å². The van der Waals surface area contributed by atoms with Crippen molar-refractivity contribution >= 4 is 0 Å². The van der Waals surface area contributed by atoms with Crippen LogP contribution < -0.4 is 0 Å². The van der Waals surface area contributed by atoms with Crippen molar-refractivity contribution in [1.29, 1.82) is 0 Å². The van der Waals surface area contributed by atoms with E-state index in [1.165, 1.54) is 0 Å². The first-order valence-corrected chi connectivity index (χ1v) is 6.26. The highest BCUT2D eigenvalue weighted by molar-refractivity contribution is 4.63. The van der Waals surface area contributed by atoms with Gasteiger partial charge in [0, 0.05) is 26.1 Å². The molecule has 96 valence electrons. The fourth-order valence-electron chi connectivity index (χ4n) is 1.77. The maximum Gasteiger partial charge on any atom is 0.159 e. The van der Waals surface area contributed by atoms with Crippen LogP contribution in [-0.4, -0.2) is 38.5 Å². The summed E-state index contributed by atoms with van der Waals surface area (Å²) in [6, 6.07) is 0. The van der Waals surface area contributed by atoms with E-state index in [4.69, 9.17) is 18.9 Å². The van der Waals surface area contributed by atoms with Gasteiger partial charge in [-0.1, -0.05) is 0 Å². The monoisotopic (exact) mass is 232 g/mol. The lowest BCUT2D eigenvalue weighted by atomic mass is 10.3. The molecule has 1 rings (SSSR count). The van der Waals surface area contributed by atoms with Gasteiger partial charge in [-0.05, 0) is 27.2 Å². The molecule has 0 aromatic rings. The Balaban J connectivity index is 2.07. The molecule has 1 aliphatic rings. The molecular weight excluding hydrogens is 208 g/mol. The van der Waals surface area contributed by atoms with Gasteiger partial charge in [-0.25, -0.2) is 0 Å². The summed E-state index contributed by atoms with van der Waals surface area (Å²) in [6.07, 6.45) is 3.00. The molecule has 0 amide bonds. The average Bonchev–Trinajstić information content (AvgIpc) is 2.65. The van der Waals surface area contributed by atoms with Crippen LogP contribution in [0.2, 0.25) is 0 Å². The Hall–Kier alpha value is -0.160. The van der Waals surface area contributed by atoms with E-state index in [0.29, 0.717) is 25.9 Å². The smallest absolute Gasteiger partial charge is 0.159 e. The predicted octanol–water partition coefficient (Wildman–Crippen LogP) is 2.32. The van der Waals surface area contributed by atoms with Crippen molar-refractivity contribution in [2.24, 2.45) is 0 Å². The second kappa shape index (κ2) is 8.01. The van der Waals surface area contributed by atoms with Gasteiger partial charge in [-0.2, -0.15) is 0 Å². The number of hydrogen-bond donors (Lipinski definition) is 0. The lowest BCUT2D eigenvalue weighted by Gasteiger charge is -2.18. The Labute approximate surface area is 98.2 Å². The maximum absolute atomic E-state index is 5.61. The molecule has 4 heteroatoms. The van der Waals surface area contributed by atoms with Crippen LogP contribution in [0.3, 0.4) is 0 Å². The quantitative estimate of drug-likeness (QED) is 0.602. The zero-order chi connectivity index (χ0) is 11.8. The normalized spacial score (nSPS) is 25.5. The summed E-state index contributed by atoms with van der Waals surface area (Å²) in [5, 5.41) is 0. The summed E-state index contributed by atoms with van der Waals surface area (Å²) in [7, 11) is 0. The fourth-order valence-corrected chi connectivity index (χ4v) is 1.77. The Morgan fingerprint density at radius 3 is 2.38 bits per heavy atom. The van der Waals surface area contributed by atoms with Crippen LogP contribution in [-0.2, 0) is 18.9 Å². The summed E-state index contributed by atoms with van der Waals surface area (Å²) in [5.41, 5.74) is 0. The number of rotatable bonds is 8. The molecule has 0 aromatic carbocycles. The largest absolute Gasteiger partial charge is 0.353 e. The van der Waals surface area contributed by atoms with Gasteiger partial charge in [0.1, 0.15) is 0 Å². The SMILES string of the molecule is CCOC(CCOC1CCC(C)O1)OCC. The summed E-state index contributed by atoms with van der Waals surface area (Å²) < 4.78 is 22.0. The van der Waals surface area contributed by atoms with E-state index in [1.807, 2.05) is 13.8 Å². The molecule has 0 aliphatic carbocycles. The van der Waals surface area contributed by atoms with Crippen LogP contribution >= 0.6 is 0 Å². The molecule has 0 aromatic heterocycles. The van der Waals surface area contributed by atoms with Gasteiger partial charge in [0.15, 0.2) is 12.6 Å². The van der Waals surface area contributed by atoms with Crippen molar-refractivity contribution in [2.45, 2.75) is 58.7 Å². The molecule has 2 atom stereocenters. The zero-order valence-corrected chi connectivity index (χ0v) is 10.6. The molecule has 1 fully saturated rings. The van der Waals surface area contributed by atoms with Crippen LogP contribution in [0.1, 0.15) is 40.0 Å². The van der Waals surface area contributed by atoms with Crippen molar-refractivity contribution in [2.75, 3.05) is 19.8 Å². The van der Waals surface area contributed by atoms with Crippen molar-refractivity contribution < 1.29 is 18.9 Å². The minimum atomic E-state index is -0.145. The Morgan fingerprint density at radius 1 is 1.19 bits per heavy atom. The van der Waals surface area contributed by atoms with Gasteiger partial charge < -0.3 is 18.9 Å². The van der Waals surface area contributed by atoms with E-state index in [1.54, 1.807) is 0 Å². The highest BCUT2D eigenvalue weighted by atomic mass is 16.7. The molecule has 0 saturated carbocycles. The highest BCUT2D eigenvalue weighted by Gasteiger charge is 2.22. The fraction of sp³-hybridized carbons (Fsp3) is 1.00. The third kappa shape index (κ3) is 5.25. The first-order chi connectivity index (χ1) is 7.76. The minimum Gasteiger partial charge on any atom is -0.353 e. The number of hydrogen-bond acceptors (Lipinski definition) is 4. The standard InChI is InChI=1S/C12H24O4/c1-4-13-11(14-5-2)8-9-15-12-7-6-10(3)16-12/h10-12H,4-9H2,1-3H3. The van der Waals surface area contributed by atoms with E-state index >= 15 is 0 Å². The average molecular weight is 232 g/mol. The van der Waals surface area contributed by atoms with Crippen LogP contribution in [0.25, 0.3) is 0 Å². The maximum atomic E-state index is 5.61. The summed E-state index contributed by atoms with van der Waals surface area (Å²) in [4.78, 5) is 0. The summed E-state index contributed by atoms with van der Waals surface area (Å²) >= 11 is 0. The van der Waals surface area contributed by atoms with Crippen molar-refractivity contribution in [1.82, 2.24) is 0 Å². The minimum absolute atomic E-state index is 0.0288. The summed E-state index contributed by atoms with van der Waals surface area (Å²) in [5.74, 6) is 0. The second-order valence-corrected chi connectivity index (χ2v) is 3.95. The molecule has 4 nitrogen and oxygen atoms in total. The summed E-state index contributed by atoms with van der Waals surface area (Å²) in [6.45, 7) is 7.97. The Morgan fingerprint density at radius 2 is 1.88 bits per heavy atom. The first kappa shape index (κ1) is 13.9. The Bertz CT molecular complexity index is 168. The van der Waals surface area contributed by atoms with Crippen molar-refractivity contribution in [3.05, 3.63) is 0 Å². The first-order valence-electron chi connectivity index (χ1n) is 6.26. The van der Waals surface area contributed by atoms with Crippen LogP contribution in [0.15, 0.2) is 0 Å². The topological polar surface area (TPSA) is 36.9 Å². The van der Waals surface area contributed by atoms with E-state index in [2.05, 4.69) is 6.92 Å². The van der Waals surface area contributed by atoms with Gasteiger partial charge >= 0.3 is 0 Å². The molecule has 1 aliphatic heterocycles. The van der Waals surface area contributed by atoms with Crippen LogP contribution in [0, 0.1) is 0 Å². The van der Waals surface area contributed by atoms with Crippen LogP contribution in [0.5, 0.6) is 0 Å². The zero-order valence-electron chi connectivity index (χ0n) is 10.6. The van der Waals surface area contributed by atoms with Crippen molar-refractivity contribution in [3.8, 4) is 0 Å². The molecule has 1 saturated heterocycles. The lowest BCUT2D eigenvalue weighted by molar-refractivity contribution is -0.171. The highest BCUT2D eigenvalue weighted by Crippen LogP contribution is 2.20. The van der Waals surface area contributed by atoms with Gasteiger partial charge in [0.2, 0.25) is 0 Å². The molecule has 0 bridgehead atoms. The van der Waals surface area contributed by atoms with Gasteiger partial charge in [-0.3, -0.25) is 0 Å². The molecule has 0 N–H and O–H groups in total. The van der Waals surface area contributed by atoms with Gasteiger partial charge in [0.25, 0.3) is 0 Å². The lowest BCUT2D eigenvalue weighted by Crippen LogP contribution is -2.22.